The Morgan fingerprint density at radius 3 is 2.50 bits per heavy atom. The van der Waals surface area contributed by atoms with Gasteiger partial charge in [-0.3, -0.25) is 4.99 Å². The number of rotatable bonds is 1. The van der Waals surface area contributed by atoms with Crippen molar-refractivity contribution in [1.29, 1.82) is 0 Å². The predicted octanol–water partition coefficient (Wildman–Crippen LogP) is 4.84. The Balaban J connectivity index is 2.15. The van der Waals surface area contributed by atoms with Gasteiger partial charge in [0.05, 0.1) is 5.54 Å². The number of aliphatic imine (C=N–C) groups is 1. The van der Waals surface area contributed by atoms with E-state index in [2.05, 4.69) is 61.9 Å². The van der Waals surface area contributed by atoms with Crippen molar-refractivity contribution in [2.24, 2.45) is 10.9 Å². The number of hydrogen-bond donors (Lipinski definition) is 0. The Kier molecular flexibility index (Phi) is 5.01. The van der Waals surface area contributed by atoms with Crippen LogP contribution in [0.5, 0.6) is 0 Å². The van der Waals surface area contributed by atoms with Gasteiger partial charge in [0.2, 0.25) is 0 Å². The third kappa shape index (κ3) is 4.85. The van der Waals surface area contributed by atoms with Gasteiger partial charge in [-0.05, 0) is 39.7 Å². The average Bonchev–Trinajstić information content (AvgIpc) is 2.44. The molecule has 0 heterocycles. The summed E-state index contributed by atoms with van der Waals surface area (Å²) in [6, 6.07) is 8.30. The third-order valence-corrected chi connectivity index (χ3v) is 3.57. The highest BCUT2D eigenvalue weighted by atomic mass is 14.8. The summed E-state index contributed by atoms with van der Waals surface area (Å²) in [6.07, 6.45) is 8.56. The van der Waals surface area contributed by atoms with Gasteiger partial charge in [-0.2, -0.15) is 0 Å². The Hall–Kier alpha value is -1.55. The van der Waals surface area contributed by atoms with Crippen LogP contribution in [-0.2, 0) is 0 Å². The Bertz CT molecular complexity index is 517. The zero-order valence-electron chi connectivity index (χ0n) is 12.9. The molecule has 1 aliphatic rings. The molecule has 106 valence electrons. The van der Waals surface area contributed by atoms with E-state index in [1.165, 1.54) is 32.1 Å². The van der Waals surface area contributed by atoms with E-state index in [1.54, 1.807) is 0 Å². The van der Waals surface area contributed by atoms with Crippen molar-refractivity contribution in [2.75, 3.05) is 0 Å². The molecule has 0 atom stereocenters. The highest BCUT2D eigenvalue weighted by Gasteiger charge is 2.10. The molecule has 0 radical (unpaired) electrons. The zero-order chi connectivity index (χ0) is 14.4. The standard InChI is InChI=1S/C19H25N/c1-19(2,3)20-15-18-12-8-7-11-17(18)14-13-16-9-5-4-6-10-16/h7-8,11-12,15-16H,4-6,9-10H2,1-3H3. The van der Waals surface area contributed by atoms with Crippen molar-refractivity contribution in [3.8, 4) is 11.8 Å². The molecule has 20 heavy (non-hydrogen) atoms. The molecule has 0 amide bonds. The summed E-state index contributed by atoms with van der Waals surface area (Å²) >= 11 is 0. The summed E-state index contributed by atoms with van der Waals surface area (Å²) in [7, 11) is 0. The second-order valence-corrected chi connectivity index (χ2v) is 6.62. The third-order valence-electron chi connectivity index (χ3n) is 3.57. The largest absolute Gasteiger partial charge is 0.287 e. The van der Waals surface area contributed by atoms with Gasteiger partial charge in [0.15, 0.2) is 0 Å². The van der Waals surface area contributed by atoms with Crippen molar-refractivity contribution in [3.63, 3.8) is 0 Å². The van der Waals surface area contributed by atoms with Crippen LogP contribution in [0.2, 0.25) is 0 Å². The van der Waals surface area contributed by atoms with E-state index in [-0.39, 0.29) is 5.54 Å². The minimum atomic E-state index is -0.0378. The quantitative estimate of drug-likeness (QED) is 0.510. The molecule has 0 spiro atoms. The van der Waals surface area contributed by atoms with Crippen LogP contribution < -0.4 is 0 Å². The van der Waals surface area contributed by atoms with Gasteiger partial charge in [0.25, 0.3) is 0 Å². The maximum Gasteiger partial charge on any atom is 0.0524 e. The number of nitrogens with zero attached hydrogens (tertiary/aromatic N) is 1. The van der Waals surface area contributed by atoms with Crippen LogP contribution in [0.3, 0.4) is 0 Å². The van der Waals surface area contributed by atoms with Crippen LogP contribution in [0.15, 0.2) is 29.3 Å². The van der Waals surface area contributed by atoms with Gasteiger partial charge in [-0.15, -0.1) is 0 Å². The normalized spacial score (nSPS) is 16.9. The zero-order valence-corrected chi connectivity index (χ0v) is 12.9. The molecule has 0 saturated heterocycles. The molecule has 0 aromatic heterocycles. The van der Waals surface area contributed by atoms with E-state index in [1.807, 2.05) is 6.21 Å². The molecule has 1 aliphatic carbocycles. The van der Waals surface area contributed by atoms with Crippen molar-refractivity contribution < 1.29 is 0 Å². The smallest absolute Gasteiger partial charge is 0.0524 e. The maximum atomic E-state index is 4.59. The molecule has 1 aromatic rings. The Morgan fingerprint density at radius 2 is 1.80 bits per heavy atom. The predicted molar refractivity (Wildman–Crippen MR) is 87.2 cm³/mol. The SMILES string of the molecule is CC(C)(C)N=Cc1ccccc1C#CC1CCCCC1. The van der Waals surface area contributed by atoms with Crippen molar-refractivity contribution in [3.05, 3.63) is 35.4 Å². The molecule has 1 saturated carbocycles. The first-order valence-corrected chi connectivity index (χ1v) is 7.70. The van der Waals surface area contributed by atoms with Gasteiger partial charge in [-0.25, -0.2) is 0 Å². The van der Waals surface area contributed by atoms with Gasteiger partial charge in [0.1, 0.15) is 0 Å². The Morgan fingerprint density at radius 1 is 1.10 bits per heavy atom. The van der Waals surface area contributed by atoms with Gasteiger partial charge >= 0.3 is 0 Å². The fraction of sp³-hybridized carbons (Fsp3) is 0.526. The molecule has 0 bridgehead atoms. The van der Waals surface area contributed by atoms with Gasteiger partial charge < -0.3 is 0 Å². The molecule has 1 aromatic carbocycles. The molecular weight excluding hydrogens is 242 g/mol. The van der Waals surface area contributed by atoms with Crippen LogP contribution in [0.4, 0.5) is 0 Å². The molecule has 1 heteroatoms. The van der Waals surface area contributed by atoms with E-state index in [0.29, 0.717) is 5.92 Å². The summed E-state index contributed by atoms with van der Waals surface area (Å²) in [5.74, 6) is 7.44. The summed E-state index contributed by atoms with van der Waals surface area (Å²) in [5, 5.41) is 0. The number of benzene rings is 1. The fourth-order valence-corrected chi connectivity index (χ4v) is 2.41. The topological polar surface area (TPSA) is 12.4 Å². The first-order chi connectivity index (χ1) is 9.54. The highest BCUT2D eigenvalue weighted by molar-refractivity contribution is 5.83. The molecule has 0 unspecified atom stereocenters. The second kappa shape index (κ2) is 6.75. The van der Waals surface area contributed by atoms with E-state index in [4.69, 9.17) is 0 Å². The van der Waals surface area contributed by atoms with E-state index >= 15 is 0 Å². The van der Waals surface area contributed by atoms with Gasteiger partial charge in [0, 0.05) is 23.3 Å². The number of hydrogen-bond acceptors (Lipinski definition) is 1. The average molecular weight is 267 g/mol. The van der Waals surface area contributed by atoms with Crippen LogP contribution in [0.25, 0.3) is 0 Å². The monoisotopic (exact) mass is 267 g/mol. The molecule has 0 aliphatic heterocycles. The highest BCUT2D eigenvalue weighted by Crippen LogP contribution is 2.22. The van der Waals surface area contributed by atoms with Crippen LogP contribution in [0, 0.1) is 17.8 Å². The lowest BCUT2D eigenvalue weighted by Crippen LogP contribution is -2.09. The Labute approximate surface area is 123 Å². The molecule has 1 fully saturated rings. The first-order valence-electron chi connectivity index (χ1n) is 7.70. The minimum absolute atomic E-state index is 0.0378. The van der Waals surface area contributed by atoms with E-state index in [9.17, 15) is 0 Å². The first kappa shape index (κ1) is 14.9. The van der Waals surface area contributed by atoms with E-state index in [0.717, 1.165) is 11.1 Å². The van der Waals surface area contributed by atoms with E-state index < -0.39 is 0 Å². The lowest BCUT2D eigenvalue weighted by atomic mass is 9.89. The molecule has 1 nitrogen and oxygen atoms in total. The van der Waals surface area contributed by atoms with Gasteiger partial charge in [-0.1, -0.05) is 49.3 Å². The fourth-order valence-electron chi connectivity index (χ4n) is 2.41. The summed E-state index contributed by atoms with van der Waals surface area (Å²) in [6.45, 7) is 6.33. The summed E-state index contributed by atoms with van der Waals surface area (Å²) < 4.78 is 0. The van der Waals surface area contributed by atoms with Crippen LogP contribution in [0.1, 0.15) is 64.0 Å². The van der Waals surface area contributed by atoms with Crippen LogP contribution in [-0.4, -0.2) is 11.8 Å². The van der Waals surface area contributed by atoms with Crippen LogP contribution >= 0.6 is 0 Å². The minimum Gasteiger partial charge on any atom is -0.287 e. The maximum absolute atomic E-state index is 4.59. The lowest BCUT2D eigenvalue weighted by molar-refractivity contribution is 0.430. The summed E-state index contributed by atoms with van der Waals surface area (Å²) in [5.41, 5.74) is 2.20. The molecular formula is C19H25N. The molecule has 0 N–H and O–H groups in total. The summed E-state index contributed by atoms with van der Waals surface area (Å²) in [4.78, 5) is 4.59. The van der Waals surface area contributed by atoms with Crippen molar-refractivity contribution in [2.45, 2.75) is 58.4 Å². The second-order valence-electron chi connectivity index (χ2n) is 6.62. The van der Waals surface area contributed by atoms with Crippen molar-refractivity contribution >= 4 is 6.21 Å². The molecule has 2 rings (SSSR count). The lowest BCUT2D eigenvalue weighted by Gasteiger charge is -2.15. The van der Waals surface area contributed by atoms with Crippen molar-refractivity contribution in [1.82, 2.24) is 0 Å².